The van der Waals surface area contributed by atoms with Crippen molar-refractivity contribution in [1.82, 2.24) is 0 Å². The van der Waals surface area contributed by atoms with Crippen LogP contribution >= 0.6 is 11.6 Å². The van der Waals surface area contributed by atoms with Crippen LogP contribution in [-0.4, -0.2) is 11.0 Å². The highest BCUT2D eigenvalue weighted by atomic mass is 35.5. The Kier molecular flexibility index (Phi) is 64.9. The molecule has 0 aromatic carbocycles. The maximum absolute atomic E-state index is 10.6. The fraction of sp³-hybridized carbons (Fsp3) is 0.889. The Morgan fingerprint density at radius 3 is 1.10 bits per heavy atom. The smallest absolute Gasteiger partial charge is 0.221 e. The van der Waals surface area contributed by atoms with E-state index in [0.717, 1.165) is 12.3 Å². The summed E-state index contributed by atoms with van der Waals surface area (Å²) in [6.45, 7) is 14.3. The van der Waals surface area contributed by atoms with Crippen LogP contribution in [0.15, 0.2) is 0 Å². The van der Waals surface area contributed by atoms with Crippen LogP contribution in [-0.2, 0) is 9.59 Å². The second-order valence-electron chi connectivity index (χ2n) is 4.93. The van der Waals surface area contributed by atoms with E-state index in [2.05, 4.69) is 34.6 Å². The molecule has 0 amide bonds. The van der Waals surface area contributed by atoms with Gasteiger partial charge in [0.15, 0.2) is 0 Å². The van der Waals surface area contributed by atoms with Crippen LogP contribution in [0.3, 0.4) is 0 Å². The lowest BCUT2D eigenvalue weighted by Crippen LogP contribution is -1.99. The molecule has 0 aromatic rings. The zero-order valence-corrected chi connectivity index (χ0v) is 13.2. The maximum atomic E-state index is 10.6. The Labute approximate surface area is 142 Å². The van der Waals surface area contributed by atoms with Gasteiger partial charge in [-0.25, -0.2) is 0 Å². The minimum absolute atomic E-state index is 0. The maximum Gasteiger partial charge on any atom is 0.221 e. The van der Waals surface area contributed by atoms with Gasteiger partial charge in [0.1, 0.15) is 5.78 Å². The highest BCUT2D eigenvalue weighted by molar-refractivity contribution is 6.63. The minimum Gasteiger partial charge on any atom is -0.300 e. The summed E-state index contributed by atoms with van der Waals surface area (Å²) in [5.41, 5.74) is 0. The van der Waals surface area contributed by atoms with Crippen LogP contribution in [0.2, 0.25) is 0 Å². The second-order valence-corrected chi connectivity index (χ2v) is 5.35. The summed E-state index contributed by atoms with van der Waals surface area (Å²) in [4.78, 5) is 20.2. The highest BCUT2D eigenvalue weighted by Crippen LogP contribution is 2.01. The first-order valence-electron chi connectivity index (χ1n) is 6.37. The van der Waals surface area contributed by atoms with Gasteiger partial charge in [-0.1, -0.05) is 78.2 Å². The van der Waals surface area contributed by atoms with E-state index < -0.39 is 0 Å². The first-order valence-corrected chi connectivity index (χ1v) is 6.75. The van der Waals surface area contributed by atoms with Crippen molar-refractivity contribution < 1.29 is 9.59 Å². The minimum atomic E-state index is -0.273. The van der Waals surface area contributed by atoms with E-state index in [-0.39, 0.29) is 34.9 Å². The largest absolute Gasteiger partial charge is 0.300 e. The molecule has 0 atom stereocenters. The SMILES string of the molecule is C.C.C.C.CC(C)C.CCC(=O)CC(C)C.CCC(=O)Cl. The number of hydrogen-bond acceptors (Lipinski definition) is 2. The molecule has 0 heterocycles. The number of ketones is 1. The summed E-state index contributed by atoms with van der Waals surface area (Å²) < 4.78 is 0. The van der Waals surface area contributed by atoms with Crippen LogP contribution < -0.4 is 0 Å². The topological polar surface area (TPSA) is 34.1 Å². The van der Waals surface area contributed by atoms with E-state index in [1.165, 1.54) is 0 Å². The second kappa shape index (κ2) is 31.8. The van der Waals surface area contributed by atoms with Crippen molar-refractivity contribution in [2.75, 3.05) is 0 Å². The summed E-state index contributed by atoms with van der Waals surface area (Å²) >= 11 is 4.82. The number of halogens is 1. The monoisotopic (exact) mass is 328 g/mol. The molecular weight excluding hydrogens is 284 g/mol. The quantitative estimate of drug-likeness (QED) is 0.504. The van der Waals surface area contributed by atoms with E-state index in [4.69, 9.17) is 11.6 Å². The Bertz CT molecular complexity index is 185. The van der Waals surface area contributed by atoms with Crippen LogP contribution in [0.4, 0.5) is 0 Å². The van der Waals surface area contributed by atoms with Crippen molar-refractivity contribution >= 4 is 22.6 Å². The lowest BCUT2D eigenvalue weighted by molar-refractivity contribution is -0.119. The van der Waals surface area contributed by atoms with Crippen LogP contribution in [0.1, 0.15) is 97.4 Å². The number of Topliss-reactive ketones (excluding diaryl/α,β-unsaturated/α-hetero) is 1. The van der Waals surface area contributed by atoms with E-state index in [9.17, 15) is 9.59 Å². The lowest BCUT2D eigenvalue weighted by atomic mass is 10.1. The lowest BCUT2D eigenvalue weighted by Gasteiger charge is -1.98. The van der Waals surface area contributed by atoms with Gasteiger partial charge in [-0.05, 0) is 23.4 Å². The third-order valence-corrected chi connectivity index (χ3v) is 1.58. The van der Waals surface area contributed by atoms with E-state index in [0.29, 0.717) is 24.5 Å². The van der Waals surface area contributed by atoms with Gasteiger partial charge in [-0.2, -0.15) is 0 Å². The molecule has 2 nitrogen and oxygen atoms in total. The standard InChI is InChI=1S/C7H14O.C4H10.C3H5ClO.4CH4/c1-4-7(8)5-6(2)3;1-4(2)3;1-2-3(4)5;;;;/h6H,4-5H2,1-3H3;4H,1-3H3;2H2,1H3;4*1H4. The summed E-state index contributed by atoms with van der Waals surface area (Å²) in [5.74, 6) is 1.74. The Balaban J connectivity index is -0.0000000270. The molecule has 0 aliphatic rings. The zero-order valence-electron chi connectivity index (χ0n) is 12.5. The van der Waals surface area contributed by atoms with Crippen LogP contribution in [0.25, 0.3) is 0 Å². The molecule has 0 unspecified atom stereocenters. The van der Waals surface area contributed by atoms with Crippen LogP contribution in [0, 0.1) is 11.8 Å². The van der Waals surface area contributed by atoms with Crippen molar-refractivity contribution in [1.29, 1.82) is 0 Å². The molecule has 0 fully saturated rings. The third-order valence-electron chi connectivity index (χ3n) is 1.31. The fourth-order valence-electron chi connectivity index (χ4n) is 0.600. The molecule has 21 heavy (non-hydrogen) atoms. The van der Waals surface area contributed by atoms with Crippen molar-refractivity contribution in [2.45, 2.75) is 97.4 Å². The zero-order chi connectivity index (χ0) is 14.4. The summed E-state index contributed by atoms with van der Waals surface area (Å²) in [6.07, 6.45) is 1.87. The molecular formula is C18H45ClO2. The predicted molar refractivity (Wildman–Crippen MR) is 103 cm³/mol. The highest BCUT2D eigenvalue weighted by Gasteiger charge is 1.99. The van der Waals surface area contributed by atoms with Crippen molar-refractivity contribution in [3.63, 3.8) is 0 Å². The average Bonchev–Trinajstić information content (AvgIpc) is 2.16. The summed E-state index contributed by atoms with van der Waals surface area (Å²) in [6, 6.07) is 0. The first kappa shape index (κ1) is 42.8. The summed E-state index contributed by atoms with van der Waals surface area (Å²) in [5, 5.41) is -0.273. The van der Waals surface area contributed by atoms with Gasteiger partial charge in [-0.15, -0.1) is 0 Å². The Hall–Kier alpha value is -0.370. The number of carbonyl (C=O) groups excluding carboxylic acids is 2. The number of hydrogen-bond donors (Lipinski definition) is 0. The van der Waals surface area contributed by atoms with Crippen molar-refractivity contribution in [3.8, 4) is 0 Å². The first-order chi connectivity index (χ1) is 7.67. The number of rotatable bonds is 4. The fourth-order valence-corrected chi connectivity index (χ4v) is 0.600. The van der Waals surface area contributed by atoms with Gasteiger partial charge in [0.25, 0.3) is 0 Å². The molecule has 0 aliphatic carbocycles. The molecule has 0 saturated carbocycles. The molecule has 0 bridgehead atoms. The number of carbonyl (C=O) groups is 2. The van der Waals surface area contributed by atoms with Gasteiger partial charge in [0, 0.05) is 19.3 Å². The van der Waals surface area contributed by atoms with Gasteiger partial charge in [-0.3, -0.25) is 9.59 Å². The van der Waals surface area contributed by atoms with Gasteiger partial charge >= 0.3 is 0 Å². The molecule has 0 saturated heterocycles. The van der Waals surface area contributed by atoms with Gasteiger partial charge in [0.2, 0.25) is 5.24 Å². The molecule has 3 heteroatoms. The third kappa shape index (κ3) is 105. The molecule has 0 aliphatic heterocycles. The predicted octanol–water partition coefficient (Wildman–Crippen LogP) is 7.38. The molecule has 0 N–H and O–H groups in total. The normalized spacial score (nSPS) is 7.33. The van der Waals surface area contributed by atoms with Crippen molar-refractivity contribution in [3.05, 3.63) is 0 Å². The van der Waals surface area contributed by atoms with E-state index in [1.807, 2.05) is 6.92 Å². The average molecular weight is 329 g/mol. The van der Waals surface area contributed by atoms with E-state index in [1.54, 1.807) is 6.92 Å². The Morgan fingerprint density at radius 1 is 0.810 bits per heavy atom. The van der Waals surface area contributed by atoms with E-state index >= 15 is 0 Å². The van der Waals surface area contributed by atoms with Crippen molar-refractivity contribution in [2.24, 2.45) is 11.8 Å². The van der Waals surface area contributed by atoms with Gasteiger partial charge < -0.3 is 0 Å². The molecule has 0 aromatic heterocycles. The van der Waals surface area contributed by atoms with Crippen LogP contribution in [0.5, 0.6) is 0 Å². The molecule has 0 rings (SSSR count). The van der Waals surface area contributed by atoms with Gasteiger partial charge in [0.05, 0.1) is 0 Å². The molecule has 0 spiro atoms. The molecule has 0 radical (unpaired) electrons. The molecule has 136 valence electrons. The Morgan fingerprint density at radius 2 is 1.05 bits per heavy atom. The summed E-state index contributed by atoms with van der Waals surface area (Å²) in [7, 11) is 0.